The summed E-state index contributed by atoms with van der Waals surface area (Å²) in [6.07, 6.45) is 12.7. The molecule has 1 N–H and O–H groups in total. The monoisotopic (exact) mass is 263 g/mol. The lowest BCUT2D eigenvalue weighted by atomic mass is 9.76. The largest absolute Gasteiger partial charge is 0.469 e. The zero-order valence-corrected chi connectivity index (χ0v) is 12.5. The first-order chi connectivity index (χ1) is 9.33. The second-order valence-corrected chi connectivity index (χ2v) is 6.10. The third-order valence-electron chi connectivity index (χ3n) is 4.80. The number of hydrogen-bond donors (Lipinski definition) is 1. The van der Waals surface area contributed by atoms with Crippen molar-refractivity contribution in [1.29, 1.82) is 0 Å². The molecule has 0 aliphatic heterocycles. The highest BCUT2D eigenvalue weighted by Crippen LogP contribution is 2.34. The van der Waals surface area contributed by atoms with Crippen LogP contribution in [0, 0.1) is 11.8 Å². The molecule has 1 atom stereocenters. The highest BCUT2D eigenvalue weighted by Gasteiger charge is 2.27. The molecular weight excluding hydrogens is 234 g/mol. The molecule has 1 heterocycles. The second kappa shape index (κ2) is 7.74. The Hall–Kier alpha value is -0.760. The van der Waals surface area contributed by atoms with Crippen LogP contribution in [0.1, 0.15) is 57.6 Å². The zero-order valence-electron chi connectivity index (χ0n) is 12.5. The topological polar surface area (TPSA) is 25.2 Å². The lowest BCUT2D eigenvalue weighted by molar-refractivity contribution is 0.212. The van der Waals surface area contributed by atoms with E-state index in [0.29, 0.717) is 6.04 Å². The van der Waals surface area contributed by atoms with Crippen LogP contribution in [0.2, 0.25) is 0 Å². The predicted octanol–water partition coefficient (Wildman–Crippen LogP) is 4.41. The van der Waals surface area contributed by atoms with E-state index in [1.807, 2.05) is 6.07 Å². The fourth-order valence-electron chi connectivity index (χ4n) is 3.52. The summed E-state index contributed by atoms with van der Waals surface area (Å²) in [4.78, 5) is 0. The summed E-state index contributed by atoms with van der Waals surface area (Å²) < 4.78 is 5.49. The van der Waals surface area contributed by atoms with Crippen molar-refractivity contribution >= 4 is 0 Å². The molecule has 1 aromatic heterocycles. The third kappa shape index (κ3) is 4.38. The maximum absolute atomic E-state index is 5.49. The predicted molar refractivity (Wildman–Crippen MR) is 80.2 cm³/mol. The molecule has 0 spiro atoms. The second-order valence-electron chi connectivity index (χ2n) is 6.10. The van der Waals surface area contributed by atoms with E-state index in [1.165, 1.54) is 44.9 Å². The van der Waals surface area contributed by atoms with E-state index in [2.05, 4.69) is 25.4 Å². The molecule has 0 saturated heterocycles. The molecule has 0 radical (unpaired) electrons. The smallest absolute Gasteiger partial charge is 0.105 e. The number of unbranched alkanes of at least 4 members (excludes halogenated alkanes) is 1. The van der Waals surface area contributed by atoms with Crippen LogP contribution in [0.4, 0.5) is 0 Å². The van der Waals surface area contributed by atoms with Crippen molar-refractivity contribution in [2.45, 2.75) is 64.3 Å². The van der Waals surface area contributed by atoms with Gasteiger partial charge in [-0.25, -0.2) is 0 Å². The van der Waals surface area contributed by atoms with Gasteiger partial charge in [0.25, 0.3) is 0 Å². The van der Waals surface area contributed by atoms with E-state index in [4.69, 9.17) is 4.42 Å². The average molecular weight is 263 g/mol. The molecule has 0 amide bonds. The first kappa shape index (κ1) is 14.6. The summed E-state index contributed by atoms with van der Waals surface area (Å²) in [5.74, 6) is 2.94. The first-order valence-electron chi connectivity index (χ1n) is 8.03. The van der Waals surface area contributed by atoms with Crippen molar-refractivity contribution < 1.29 is 4.42 Å². The summed E-state index contributed by atoms with van der Waals surface area (Å²) >= 11 is 0. The molecule has 0 aromatic carbocycles. The number of rotatable bonds is 7. The maximum Gasteiger partial charge on any atom is 0.105 e. The van der Waals surface area contributed by atoms with E-state index in [1.54, 1.807) is 6.26 Å². The van der Waals surface area contributed by atoms with Crippen LogP contribution in [0.25, 0.3) is 0 Å². The van der Waals surface area contributed by atoms with Gasteiger partial charge in [-0.2, -0.15) is 0 Å². The van der Waals surface area contributed by atoms with E-state index in [9.17, 15) is 0 Å². The molecule has 1 aromatic rings. The van der Waals surface area contributed by atoms with Gasteiger partial charge in [0.05, 0.1) is 6.26 Å². The molecule has 2 nitrogen and oxygen atoms in total. The minimum Gasteiger partial charge on any atom is -0.469 e. The Kier molecular flexibility index (Phi) is 5.96. The lowest BCUT2D eigenvalue weighted by Crippen LogP contribution is -2.37. The van der Waals surface area contributed by atoms with Crippen molar-refractivity contribution in [3.05, 3.63) is 24.2 Å². The van der Waals surface area contributed by atoms with Crippen LogP contribution in [-0.4, -0.2) is 13.1 Å². The Morgan fingerprint density at radius 3 is 2.68 bits per heavy atom. The maximum atomic E-state index is 5.49. The highest BCUT2D eigenvalue weighted by atomic mass is 16.3. The van der Waals surface area contributed by atoms with E-state index in [0.717, 1.165) is 24.0 Å². The van der Waals surface area contributed by atoms with E-state index >= 15 is 0 Å². The van der Waals surface area contributed by atoms with Gasteiger partial charge in [-0.05, 0) is 43.9 Å². The fourth-order valence-corrected chi connectivity index (χ4v) is 3.52. The van der Waals surface area contributed by atoms with Crippen LogP contribution in [0.3, 0.4) is 0 Å². The van der Waals surface area contributed by atoms with Gasteiger partial charge in [-0.15, -0.1) is 0 Å². The Morgan fingerprint density at radius 1 is 1.32 bits per heavy atom. The minimum absolute atomic E-state index is 0.582. The molecule has 1 aliphatic carbocycles. The molecule has 1 unspecified atom stereocenters. The van der Waals surface area contributed by atoms with Crippen molar-refractivity contribution in [1.82, 2.24) is 5.32 Å². The van der Waals surface area contributed by atoms with Crippen molar-refractivity contribution in [3.63, 3.8) is 0 Å². The molecule has 19 heavy (non-hydrogen) atoms. The number of nitrogens with one attached hydrogen (secondary N) is 1. The van der Waals surface area contributed by atoms with Gasteiger partial charge in [0.1, 0.15) is 5.76 Å². The Morgan fingerprint density at radius 2 is 2.11 bits per heavy atom. The molecule has 2 heteroatoms. The zero-order chi connectivity index (χ0) is 13.5. The van der Waals surface area contributed by atoms with Gasteiger partial charge < -0.3 is 9.73 Å². The van der Waals surface area contributed by atoms with Gasteiger partial charge >= 0.3 is 0 Å². The molecule has 2 rings (SSSR count). The highest BCUT2D eigenvalue weighted by molar-refractivity contribution is 5.01. The third-order valence-corrected chi connectivity index (χ3v) is 4.80. The quantitative estimate of drug-likeness (QED) is 0.788. The van der Waals surface area contributed by atoms with Crippen LogP contribution >= 0.6 is 0 Å². The Balaban J connectivity index is 1.78. The first-order valence-corrected chi connectivity index (χ1v) is 8.03. The van der Waals surface area contributed by atoms with Gasteiger partial charge in [-0.1, -0.05) is 39.0 Å². The summed E-state index contributed by atoms with van der Waals surface area (Å²) in [6.45, 7) is 2.30. The minimum atomic E-state index is 0.582. The molecule has 1 saturated carbocycles. The van der Waals surface area contributed by atoms with Crippen molar-refractivity contribution in [2.24, 2.45) is 11.8 Å². The summed E-state index contributed by atoms with van der Waals surface area (Å²) in [7, 11) is 2.09. The molecule has 1 aliphatic rings. The summed E-state index contributed by atoms with van der Waals surface area (Å²) in [5.41, 5.74) is 0. The van der Waals surface area contributed by atoms with Crippen molar-refractivity contribution in [3.8, 4) is 0 Å². The normalized spacial score (nSPS) is 25.4. The van der Waals surface area contributed by atoms with Gasteiger partial charge in [-0.3, -0.25) is 0 Å². The molecule has 108 valence electrons. The van der Waals surface area contributed by atoms with Crippen molar-refractivity contribution in [2.75, 3.05) is 7.05 Å². The van der Waals surface area contributed by atoms with Crippen LogP contribution in [0.5, 0.6) is 0 Å². The average Bonchev–Trinajstić information content (AvgIpc) is 2.96. The number of furan rings is 1. The Bertz CT molecular complexity index is 325. The van der Waals surface area contributed by atoms with Gasteiger partial charge in [0, 0.05) is 12.5 Å². The summed E-state index contributed by atoms with van der Waals surface area (Å²) in [5, 5.41) is 3.51. The van der Waals surface area contributed by atoms with Gasteiger partial charge in [0.2, 0.25) is 0 Å². The lowest BCUT2D eigenvalue weighted by Gasteiger charge is -2.33. The molecule has 1 fully saturated rings. The number of hydrogen-bond acceptors (Lipinski definition) is 2. The number of likely N-dealkylation sites (N-methyl/N-ethyl adjacent to an activating group) is 1. The SMILES string of the molecule is CCCCC1CCC(C(Cc2ccco2)NC)CC1. The summed E-state index contributed by atoms with van der Waals surface area (Å²) in [6, 6.07) is 4.67. The van der Waals surface area contributed by atoms with Crippen LogP contribution in [0.15, 0.2) is 22.8 Å². The van der Waals surface area contributed by atoms with Crippen LogP contribution in [-0.2, 0) is 6.42 Å². The molecular formula is C17H29NO. The van der Waals surface area contributed by atoms with E-state index < -0.39 is 0 Å². The standard InChI is InChI=1S/C17H29NO/c1-3-4-6-14-8-10-15(11-9-14)17(18-2)13-16-7-5-12-19-16/h5,7,12,14-15,17-18H,3-4,6,8-11,13H2,1-2H3. The fraction of sp³-hybridized carbons (Fsp3) is 0.765. The van der Waals surface area contributed by atoms with Crippen LogP contribution < -0.4 is 5.32 Å². The van der Waals surface area contributed by atoms with Gasteiger partial charge in [0.15, 0.2) is 0 Å². The Labute approximate surface area is 118 Å². The van der Waals surface area contributed by atoms with E-state index in [-0.39, 0.29) is 0 Å². The molecule has 0 bridgehead atoms.